The van der Waals surface area contributed by atoms with Crippen LogP contribution in [0.5, 0.6) is 0 Å². The Balaban J connectivity index is 2.04. The van der Waals surface area contributed by atoms with Gasteiger partial charge in [0.2, 0.25) is 11.8 Å². The standard InChI is InChI=1S/C14H10F3N3O4/c15-14(16,17)5-3-6-10(7(18)4-5)13(24)20(12(6)23)8-1-2-9(21)19-11(8)22/h3-4,8H,1-2,18H2,(H,19,21,22). The Hall–Kier alpha value is -2.91. The van der Waals surface area contributed by atoms with Gasteiger partial charge in [-0.05, 0) is 18.6 Å². The van der Waals surface area contributed by atoms with Crippen molar-refractivity contribution < 1.29 is 32.3 Å². The lowest BCUT2D eigenvalue weighted by molar-refractivity contribution is -0.138. The molecule has 0 bridgehead atoms. The molecule has 1 atom stereocenters. The molecule has 3 N–H and O–H groups in total. The average molecular weight is 341 g/mol. The third-order valence-electron chi connectivity index (χ3n) is 3.90. The monoisotopic (exact) mass is 341 g/mol. The molecule has 4 amide bonds. The highest BCUT2D eigenvalue weighted by atomic mass is 19.4. The largest absolute Gasteiger partial charge is 0.416 e. The number of fused-ring (bicyclic) bond motifs is 1. The third kappa shape index (κ3) is 2.30. The summed E-state index contributed by atoms with van der Waals surface area (Å²) in [6, 6.07) is -0.153. The van der Waals surface area contributed by atoms with Crippen LogP contribution in [0.1, 0.15) is 39.1 Å². The Labute approximate surface area is 132 Å². The Morgan fingerprint density at radius 3 is 2.38 bits per heavy atom. The third-order valence-corrected chi connectivity index (χ3v) is 3.90. The number of carbonyl (C=O) groups excluding carboxylic acids is 4. The van der Waals surface area contributed by atoms with E-state index in [9.17, 15) is 32.3 Å². The summed E-state index contributed by atoms with van der Waals surface area (Å²) in [5.41, 5.74) is 3.00. The van der Waals surface area contributed by atoms with Gasteiger partial charge in [-0.2, -0.15) is 13.2 Å². The molecule has 24 heavy (non-hydrogen) atoms. The first-order valence-corrected chi connectivity index (χ1v) is 6.83. The number of alkyl halides is 3. The molecule has 0 radical (unpaired) electrons. The lowest BCUT2D eigenvalue weighted by atomic mass is 10.0. The van der Waals surface area contributed by atoms with Crippen LogP contribution in [-0.2, 0) is 15.8 Å². The number of amides is 4. The van der Waals surface area contributed by atoms with Gasteiger partial charge in [0.15, 0.2) is 0 Å². The molecule has 0 aliphatic carbocycles. The molecule has 2 heterocycles. The smallest absolute Gasteiger partial charge is 0.398 e. The molecule has 1 saturated heterocycles. The van der Waals surface area contributed by atoms with E-state index in [4.69, 9.17) is 5.73 Å². The number of benzene rings is 1. The van der Waals surface area contributed by atoms with Gasteiger partial charge in [0.25, 0.3) is 11.8 Å². The first-order chi connectivity index (χ1) is 11.1. The van der Waals surface area contributed by atoms with Crippen LogP contribution in [0.25, 0.3) is 0 Å². The van der Waals surface area contributed by atoms with Crippen LogP contribution < -0.4 is 11.1 Å². The van der Waals surface area contributed by atoms with Crippen molar-refractivity contribution in [2.75, 3.05) is 5.73 Å². The molecule has 1 unspecified atom stereocenters. The number of halogens is 3. The first-order valence-electron chi connectivity index (χ1n) is 6.83. The van der Waals surface area contributed by atoms with Crippen LogP contribution in [0.15, 0.2) is 12.1 Å². The van der Waals surface area contributed by atoms with Gasteiger partial charge in [-0.25, -0.2) is 0 Å². The molecular formula is C14H10F3N3O4. The lowest BCUT2D eigenvalue weighted by Crippen LogP contribution is -2.54. The Bertz CT molecular complexity index is 803. The second kappa shape index (κ2) is 5.05. The number of nitrogen functional groups attached to an aromatic ring is 1. The molecule has 1 aromatic carbocycles. The number of nitrogens with zero attached hydrogens (tertiary/aromatic N) is 1. The minimum Gasteiger partial charge on any atom is -0.398 e. The van der Waals surface area contributed by atoms with Crippen molar-refractivity contribution in [3.8, 4) is 0 Å². The summed E-state index contributed by atoms with van der Waals surface area (Å²) in [5.74, 6) is -3.39. The van der Waals surface area contributed by atoms with Crippen molar-refractivity contribution in [3.63, 3.8) is 0 Å². The predicted octanol–water partition coefficient (Wildman–Crippen LogP) is 0.689. The van der Waals surface area contributed by atoms with E-state index >= 15 is 0 Å². The number of hydrogen-bond donors (Lipinski definition) is 2. The van der Waals surface area contributed by atoms with Crippen LogP contribution >= 0.6 is 0 Å². The highest BCUT2D eigenvalue weighted by Crippen LogP contribution is 2.37. The van der Waals surface area contributed by atoms with E-state index in [-0.39, 0.29) is 18.4 Å². The van der Waals surface area contributed by atoms with Crippen molar-refractivity contribution in [3.05, 3.63) is 28.8 Å². The van der Waals surface area contributed by atoms with Gasteiger partial charge in [0, 0.05) is 12.1 Å². The summed E-state index contributed by atoms with van der Waals surface area (Å²) >= 11 is 0. The lowest BCUT2D eigenvalue weighted by Gasteiger charge is -2.27. The van der Waals surface area contributed by atoms with Crippen molar-refractivity contribution in [2.24, 2.45) is 0 Å². The second-order valence-corrected chi connectivity index (χ2v) is 5.43. The van der Waals surface area contributed by atoms with Crippen molar-refractivity contribution >= 4 is 29.3 Å². The fourth-order valence-electron chi connectivity index (χ4n) is 2.79. The second-order valence-electron chi connectivity index (χ2n) is 5.43. The number of hydrogen-bond acceptors (Lipinski definition) is 5. The fourth-order valence-corrected chi connectivity index (χ4v) is 2.79. The maximum atomic E-state index is 12.9. The van der Waals surface area contributed by atoms with Gasteiger partial charge in [-0.15, -0.1) is 0 Å². The molecule has 1 fully saturated rings. The predicted molar refractivity (Wildman–Crippen MR) is 72.5 cm³/mol. The van der Waals surface area contributed by atoms with Crippen LogP contribution in [0.4, 0.5) is 18.9 Å². The molecule has 1 aromatic rings. The molecule has 0 aromatic heterocycles. The molecular weight excluding hydrogens is 331 g/mol. The van der Waals surface area contributed by atoms with Crippen molar-refractivity contribution in [1.82, 2.24) is 10.2 Å². The van der Waals surface area contributed by atoms with Gasteiger partial charge in [-0.3, -0.25) is 29.4 Å². The van der Waals surface area contributed by atoms with Crippen molar-refractivity contribution in [2.45, 2.75) is 25.1 Å². The zero-order chi connectivity index (χ0) is 17.8. The number of rotatable bonds is 1. The van der Waals surface area contributed by atoms with E-state index < -0.39 is 52.7 Å². The molecule has 126 valence electrons. The minimum atomic E-state index is -4.74. The van der Waals surface area contributed by atoms with Crippen LogP contribution in [0.3, 0.4) is 0 Å². The summed E-state index contributed by atoms with van der Waals surface area (Å²) in [7, 11) is 0. The number of piperidine rings is 1. The highest BCUT2D eigenvalue weighted by Gasteiger charge is 2.46. The summed E-state index contributed by atoms with van der Waals surface area (Å²) in [6.45, 7) is 0. The summed E-state index contributed by atoms with van der Waals surface area (Å²) in [5, 5.41) is 1.99. The zero-order valence-corrected chi connectivity index (χ0v) is 11.9. The van der Waals surface area contributed by atoms with Gasteiger partial charge in [0.05, 0.1) is 16.7 Å². The van der Waals surface area contributed by atoms with Crippen molar-refractivity contribution in [1.29, 1.82) is 0 Å². The molecule has 0 spiro atoms. The normalized spacial score (nSPS) is 21.1. The molecule has 7 nitrogen and oxygen atoms in total. The van der Waals surface area contributed by atoms with E-state index in [2.05, 4.69) is 0 Å². The molecule has 10 heteroatoms. The topological polar surface area (TPSA) is 110 Å². The quantitative estimate of drug-likeness (QED) is 0.577. The zero-order valence-electron chi connectivity index (χ0n) is 11.9. The first kappa shape index (κ1) is 16.0. The molecule has 3 rings (SSSR count). The summed E-state index contributed by atoms with van der Waals surface area (Å²) in [6.07, 6.45) is -4.93. The summed E-state index contributed by atoms with van der Waals surface area (Å²) in [4.78, 5) is 48.3. The average Bonchev–Trinajstić information content (AvgIpc) is 2.71. The minimum absolute atomic E-state index is 0.0902. The SMILES string of the molecule is Nc1cc(C(F)(F)F)cc2c1C(=O)N(C1CCC(=O)NC1=O)C2=O. The van der Waals surface area contributed by atoms with E-state index in [0.717, 1.165) is 0 Å². The number of nitrogens with one attached hydrogen (secondary N) is 1. The molecule has 0 saturated carbocycles. The van der Waals surface area contributed by atoms with Gasteiger partial charge in [-0.1, -0.05) is 0 Å². The maximum absolute atomic E-state index is 12.9. The van der Waals surface area contributed by atoms with Crippen LogP contribution in [0.2, 0.25) is 0 Å². The van der Waals surface area contributed by atoms with Crippen LogP contribution in [0, 0.1) is 0 Å². The van der Waals surface area contributed by atoms with Gasteiger partial charge in [0.1, 0.15) is 6.04 Å². The van der Waals surface area contributed by atoms with Gasteiger partial charge < -0.3 is 5.73 Å². The summed E-state index contributed by atoms with van der Waals surface area (Å²) < 4.78 is 38.6. The van der Waals surface area contributed by atoms with Crippen LogP contribution in [-0.4, -0.2) is 34.6 Å². The Kier molecular flexibility index (Phi) is 3.36. The van der Waals surface area contributed by atoms with E-state index in [1.165, 1.54) is 0 Å². The number of nitrogens with two attached hydrogens (primary N) is 1. The van der Waals surface area contributed by atoms with Gasteiger partial charge >= 0.3 is 6.18 Å². The van der Waals surface area contributed by atoms with E-state index in [1.54, 1.807) is 0 Å². The van der Waals surface area contributed by atoms with E-state index in [1.807, 2.05) is 5.32 Å². The molecule has 2 aliphatic heterocycles. The maximum Gasteiger partial charge on any atom is 0.416 e. The number of anilines is 1. The molecule has 2 aliphatic rings. The highest BCUT2D eigenvalue weighted by molar-refractivity contribution is 6.25. The fraction of sp³-hybridized carbons (Fsp3) is 0.286. The number of imide groups is 2. The van der Waals surface area contributed by atoms with E-state index in [0.29, 0.717) is 17.0 Å². The Morgan fingerprint density at radius 1 is 1.12 bits per heavy atom. The number of carbonyl (C=O) groups is 4. The Morgan fingerprint density at radius 2 is 1.79 bits per heavy atom.